The van der Waals surface area contributed by atoms with Gasteiger partial charge in [0, 0.05) is 6.07 Å². The smallest absolute Gasteiger partial charge is 0.339 e. The lowest BCUT2D eigenvalue weighted by atomic mass is 9.52. The molecule has 7 rings (SSSR count). The Labute approximate surface area is 251 Å². The highest BCUT2D eigenvalue weighted by Gasteiger charge is 2.68. The quantitative estimate of drug-likeness (QED) is 0.295. The highest BCUT2D eigenvalue weighted by Crippen LogP contribution is 2.63. The molecule has 4 amide bonds. The number of benzene rings is 2. The molecule has 2 saturated heterocycles. The van der Waals surface area contributed by atoms with Gasteiger partial charge in [-0.2, -0.15) is 0 Å². The summed E-state index contributed by atoms with van der Waals surface area (Å²) in [7, 11) is 0. The number of aromatic hydroxyl groups is 1. The van der Waals surface area contributed by atoms with Crippen molar-refractivity contribution >= 4 is 41.0 Å². The number of para-hydroxylation sites is 1. The van der Waals surface area contributed by atoms with Gasteiger partial charge in [-0.1, -0.05) is 29.8 Å². The summed E-state index contributed by atoms with van der Waals surface area (Å²) in [5.74, 6) is -6.81. The van der Waals surface area contributed by atoms with Crippen LogP contribution in [0.5, 0.6) is 5.75 Å². The highest BCUT2D eigenvalue weighted by molar-refractivity contribution is 6.25. The lowest BCUT2D eigenvalue weighted by Crippen LogP contribution is -2.48. The second-order valence-electron chi connectivity index (χ2n) is 12.0. The van der Waals surface area contributed by atoms with Crippen LogP contribution in [0.2, 0.25) is 0 Å². The Morgan fingerprint density at radius 1 is 0.932 bits per heavy atom. The third kappa shape index (κ3) is 3.68. The van der Waals surface area contributed by atoms with Crippen molar-refractivity contribution in [3.63, 3.8) is 0 Å². The average Bonchev–Trinajstić information content (AvgIpc) is 3.63. The molecule has 2 aromatic carbocycles. The summed E-state index contributed by atoms with van der Waals surface area (Å²) in [5, 5.41) is 29.3. The molecule has 1 aromatic heterocycles. The number of furan rings is 1. The predicted molar refractivity (Wildman–Crippen MR) is 153 cm³/mol. The normalized spacial score (nSPS) is 29.4. The zero-order valence-electron chi connectivity index (χ0n) is 23.5. The number of rotatable bonds is 5. The van der Waals surface area contributed by atoms with Crippen LogP contribution >= 0.6 is 0 Å². The molecule has 0 spiro atoms. The summed E-state index contributed by atoms with van der Waals surface area (Å²) in [6, 6.07) is 15.5. The predicted octanol–water partition coefficient (Wildman–Crippen LogP) is 3.61. The van der Waals surface area contributed by atoms with Gasteiger partial charge in [0.2, 0.25) is 23.6 Å². The van der Waals surface area contributed by atoms with Crippen molar-refractivity contribution in [1.82, 2.24) is 0 Å². The Kier molecular flexibility index (Phi) is 6.15. The molecule has 224 valence electrons. The number of aliphatic hydroxyl groups is 1. The molecule has 0 radical (unpaired) electrons. The summed E-state index contributed by atoms with van der Waals surface area (Å²) >= 11 is 0. The lowest BCUT2D eigenvalue weighted by Gasteiger charge is -2.48. The van der Waals surface area contributed by atoms with Gasteiger partial charge in [-0.05, 0) is 62.1 Å². The SMILES string of the molecule is C[C@@]12C(=O)N(c3ccccc3)C(=O)[C@@H]1C[C@@H]1C(=CC[C@@H]3C(=O)N(c4ccc(C(=O)O)c(O)c4)C(=O)[C@@H]31)[C@@H]2c1ccc(CO)o1. The van der Waals surface area contributed by atoms with E-state index < -0.39 is 70.4 Å². The zero-order valence-corrected chi connectivity index (χ0v) is 23.5. The van der Waals surface area contributed by atoms with Gasteiger partial charge < -0.3 is 19.7 Å². The number of hydrogen-bond donors (Lipinski definition) is 3. The fourth-order valence-corrected chi connectivity index (χ4v) is 7.87. The molecule has 0 unspecified atom stereocenters. The van der Waals surface area contributed by atoms with Crippen LogP contribution in [0.25, 0.3) is 0 Å². The van der Waals surface area contributed by atoms with Gasteiger partial charge in [-0.25, -0.2) is 14.6 Å². The minimum atomic E-state index is -1.35. The molecule has 3 aromatic rings. The van der Waals surface area contributed by atoms with Gasteiger partial charge in [0.1, 0.15) is 29.4 Å². The number of imide groups is 2. The van der Waals surface area contributed by atoms with Crippen molar-refractivity contribution < 1.29 is 43.7 Å². The Balaban J connectivity index is 1.33. The molecular weight excluding hydrogens is 568 g/mol. The van der Waals surface area contributed by atoms with Crippen LogP contribution in [-0.4, -0.2) is 44.9 Å². The first-order chi connectivity index (χ1) is 21.1. The van der Waals surface area contributed by atoms with Crippen LogP contribution in [0.4, 0.5) is 11.4 Å². The van der Waals surface area contributed by atoms with E-state index in [1.54, 1.807) is 49.4 Å². The minimum Gasteiger partial charge on any atom is -0.507 e. The molecule has 3 heterocycles. The van der Waals surface area contributed by atoms with E-state index in [2.05, 4.69) is 0 Å². The Bertz CT molecular complexity index is 1790. The fourth-order valence-electron chi connectivity index (χ4n) is 7.87. The van der Waals surface area contributed by atoms with Crippen LogP contribution in [0.1, 0.15) is 47.6 Å². The largest absolute Gasteiger partial charge is 0.507 e. The van der Waals surface area contributed by atoms with Gasteiger partial charge >= 0.3 is 5.97 Å². The van der Waals surface area contributed by atoms with E-state index in [0.29, 0.717) is 11.4 Å². The second kappa shape index (κ2) is 9.75. The van der Waals surface area contributed by atoms with Crippen LogP contribution in [0.3, 0.4) is 0 Å². The first kappa shape index (κ1) is 27.8. The van der Waals surface area contributed by atoms with Gasteiger partial charge in [-0.15, -0.1) is 0 Å². The Morgan fingerprint density at radius 2 is 1.68 bits per heavy atom. The summed E-state index contributed by atoms with van der Waals surface area (Å²) in [4.78, 5) is 69.8. The third-order valence-corrected chi connectivity index (χ3v) is 9.88. The third-order valence-electron chi connectivity index (χ3n) is 9.88. The fraction of sp³-hybridized carbons (Fsp3) is 0.303. The number of carboxylic acid groups (broad SMARTS) is 1. The summed E-state index contributed by atoms with van der Waals surface area (Å²) in [6.45, 7) is 1.38. The first-order valence-corrected chi connectivity index (χ1v) is 14.3. The number of carbonyl (C=O) groups excluding carboxylic acids is 4. The van der Waals surface area contributed by atoms with Crippen molar-refractivity contribution in [3.8, 4) is 5.75 Å². The maximum Gasteiger partial charge on any atom is 0.339 e. The van der Waals surface area contributed by atoms with Gasteiger partial charge in [-0.3, -0.25) is 19.2 Å². The van der Waals surface area contributed by atoms with E-state index in [1.807, 2.05) is 6.08 Å². The number of hydrogen-bond acceptors (Lipinski definition) is 8. The van der Waals surface area contributed by atoms with Crippen molar-refractivity contribution in [2.24, 2.45) is 29.1 Å². The van der Waals surface area contributed by atoms with E-state index in [4.69, 9.17) is 4.42 Å². The Hall–Kier alpha value is -5.03. The number of phenols is 1. The zero-order chi connectivity index (χ0) is 31.1. The van der Waals surface area contributed by atoms with Crippen molar-refractivity contribution in [2.45, 2.75) is 32.3 Å². The molecule has 44 heavy (non-hydrogen) atoms. The average molecular weight is 597 g/mol. The van der Waals surface area contributed by atoms with E-state index in [1.165, 1.54) is 11.0 Å². The molecule has 2 aliphatic heterocycles. The van der Waals surface area contributed by atoms with E-state index in [-0.39, 0.29) is 36.5 Å². The first-order valence-electron chi connectivity index (χ1n) is 14.3. The van der Waals surface area contributed by atoms with Gasteiger partial charge in [0.15, 0.2) is 0 Å². The molecule has 11 heteroatoms. The van der Waals surface area contributed by atoms with E-state index in [0.717, 1.165) is 22.6 Å². The van der Waals surface area contributed by atoms with Crippen LogP contribution in [0, 0.1) is 29.1 Å². The summed E-state index contributed by atoms with van der Waals surface area (Å²) < 4.78 is 6.00. The molecule has 4 aliphatic rings. The number of aliphatic hydroxyl groups excluding tert-OH is 1. The number of aromatic carboxylic acids is 1. The topological polar surface area (TPSA) is 166 Å². The second-order valence-corrected chi connectivity index (χ2v) is 12.0. The molecule has 6 atom stereocenters. The molecule has 0 bridgehead atoms. The standard InChI is InChI=1S/C33H28N2O9/c1-33-23(29(39)35(32(33)43)16-5-3-2-4-6-16)14-22-19(27(33)25-12-8-18(15-36)44-25)10-11-21-26(22)30(40)34(28(21)38)17-7-9-20(31(41)42)24(37)13-17/h2-10,12-13,21-23,26-27,36-37H,11,14-15H2,1H3,(H,41,42)/t21-,22+,23-,26-,27+,33+/m0/s1. The summed E-state index contributed by atoms with van der Waals surface area (Å²) in [6.07, 6.45) is 2.23. The number of carbonyl (C=O) groups is 5. The molecular formula is C33H28N2O9. The van der Waals surface area contributed by atoms with Gasteiger partial charge in [0.25, 0.3) is 0 Å². The number of carboxylic acids is 1. The monoisotopic (exact) mass is 596 g/mol. The number of fused-ring (bicyclic) bond motifs is 4. The van der Waals surface area contributed by atoms with E-state index >= 15 is 0 Å². The highest BCUT2D eigenvalue weighted by atomic mass is 16.4. The number of amides is 4. The molecule has 1 saturated carbocycles. The van der Waals surface area contributed by atoms with Gasteiger partial charge in [0.05, 0.1) is 40.5 Å². The number of anilines is 2. The molecule has 3 N–H and O–H groups in total. The molecule has 2 aliphatic carbocycles. The molecule has 3 fully saturated rings. The van der Waals surface area contributed by atoms with Crippen molar-refractivity contribution in [1.29, 1.82) is 0 Å². The number of allylic oxidation sites excluding steroid dienone is 2. The van der Waals surface area contributed by atoms with Crippen molar-refractivity contribution in [2.75, 3.05) is 9.80 Å². The van der Waals surface area contributed by atoms with Crippen LogP contribution in [-0.2, 0) is 25.8 Å². The van der Waals surface area contributed by atoms with E-state index in [9.17, 15) is 39.3 Å². The van der Waals surface area contributed by atoms with Crippen LogP contribution < -0.4 is 9.80 Å². The van der Waals surface area contributed by atoms with Crippen LogP contribution in [0.15, 0.2) is 76.7 Å². The minimum absolute atomic E-state index is 0.0524. The Morgan fingerprint density at radius 3 is 2.34 bits per heavy atom. The summed E-state index contributed by atoms with van der Waals surface area (Å²) in [5.41, 5.74) is -0.415. The lowest BCUT2D eigenvalue weighted by molar-refractivity contribution is -0.131. The number of nitrogens with zero attached hydrogens (tertiary/aromatic N) is 2. The maximum atomic E-state index is 14.3. The molecule has 11 nitrogen and oxygen atoms in total. The maximum absolute atomic E-state index is 14.3. The van der Waals surface area contributed by atoms with Crippen molar-refractivity contribution in [3.05, 3.63) is 89.4 Å².